The van der Waals surface area contributed by atoms with Gasteiger partial charge < -0.3 is 15.0 Å². The first kappa shape index (κ1) is 32.3. The Bertz CT molecular complexity index is 1630. The maximum atomic E-state index is 14.5. The van der Waals surface area contributed by atoms with Crippen molar-refractivity contribution < 1.29 is 22.7 Å². The number of aryl methyl sites for hydroxylation is 1. The molecule has 4 aromatic carbocycles. The highest BCUT2D eigenvalue weighted by Crippen LogP contribution is 2.33. The summed E-state index contributed by atoms with van der Waals surface area (Å²) in [4.78, 5) is 29.6. The number of carbonyl (C=O) groups is 2. The highest BCUT2D eigenvalue weighted by molar-refractivity contribution is 7.92. The minimum Gasteiger partial charge on any atom is -0.492 e. The summed E-state index contributed by atoms with van der Waals surface area (Å²) >= 11 is 0. The van der Waals surface area contributed by atoms with E-state index in [9.17, 15) is 18.0 Å². The Morgan fingerprint density at radius 2 is 1.41 bits per heavy atom. The molecule has 0 unspecified atom stereocenters. The summed E-state index contributed by atoms with van der Waals surface area (Å²) in [6, 6.07) is 31.0. The maximum Gasteiger partial charge on any atom is 0.264 e. The third-order valence-electron chi connectivity index (χ3n) is 7.14. The molecule has 0 radical (unpaired) electrons. The number of nitrogens with one attached hydrogen (secondary N) is 1. The number of hydrogen-bond donors (Lipinski definition) is 1. The molecule has 4 aromatic rings. The summed E-state index contributed by atoms with van der Waals surface area (Å²) in [7, 11) is -4.21. The SMILES string of the molecule is CCNC(=O)[C@@H](Cc1ccccc1)N(Cc1ccc(C)cc1)C(=O)CN(c1ccccc1OCC)S(=O)(=O)c1ccccc1. The first-order valence-electron chi connectivity index (χ1n) is 14.7. The molecular formula is C35H39N3O5S. The Labute approximate surface area is 260 Å². The first-order chi connectivity index (χ1) is 21.2. The highest BCUT2D eigenvalue weighted by Gasteiger charge is 2.35. The van der Waals surface area contributed by atoms with Crippen LogP contribution in [-0.4, -0.2) is 50.9 Å². The average Bonchev–Trinajstić information content (AvgIpc) is 3.04. The highest BCUT2D eigenvalue weighted by atomic mass is 32.2. The second kappa shape index (κ2) is 15.2. The number of benzene rings is 4. The molecule has 9 heteroatoms. The molecule has 1 atom stereocenters. The number of ether oxygens (including phenoxy) is 1. The number of anilines is 1. The summed E-state index contributed by atoms with van der Waals surface area (Å²) in [5, 5.41) is 2.88. The van der Waals surface area contributed by atoms with Crippen molar-refractivity contribution in [3.63, 3.8) is 0 Å². The van der Waals surface area contributed by atoms with E-state index in [2.05, 4.69) is 5.32 Å². The van der Waals surface area contributed by atoms with E-state index in [1.807, 2.05) is 75.4 Å². The van der Waals surface area contributed by atoms with Gasteiger partial charge in [-0.05, 0) is 56.2 Å². The van der Waals surface area contributed by atoms with Crippen LogP contribution in [0.25, 0.3) is 0 Å². The molecular weight excluding hydrogens is 574 g/mol. The lowest BCUT2D eigenvalue weighted by atomic mass is 10.0. The molecule has 0 fully saturated rings. The largest absolute Gasteiger partial charge is 0.492 e. The van der Waals surface area contributed by atoms with Crippen molar-refractivity contribution in [2.45, 2.75) is 44.7 Å². The van der Waals surface area contributed by atoms with Crippen LogP contribution in [0.1, 0.15) is 30.5 Å². The van der Waals surface area contributed by atoms with Crippen molar-refractivity contribution in [3.05, 3.63) is 126 Å². The molecule has 2 amide bonds. The summed E-state index contributed by atoms with van der Waals surface area (Å²) in [5.74, 6) is -0.510. The summed E-state index contributed by atoms with van der Waals surface area (Å²) < 4.78 is 35.2. The Hall–Kier alpha value is -4.63. The van der Waals surface area contributed by atoms with E-state index in [1.165, 1.54) is 17.0 Å². The third kappa shape index (κ3) is 8.05. The van der Waals surface area contributed by atoms with Gasteiger partial charge in [-0.15, -0.1) is 0 Å². The predicted octanol–water partition coefficient (Wildman–Crippen LogP) is 5.37. The molecule has 0 aliphatic heterocycles. The molecule has 4 rings (SSSR count). The number of hydrogen-bond acceptors (Lipinski definition) is 5. The molecule has 44 heavy (non-hydrogen) atoms. The van der Waals surface area contributed by atoms with Gasteiger partial charge in [-0.2, -0.15) is 0 Å². The van der Waals surface area contributed by atoms with Gasteiger partial charge in [0.15, 0.2) is 0 Å². The van der Waals surface area contributed by atoms with Gasteiger partial charge in [-0.3, -0.25) is 13.9 Å². The number of carbonyl (C=O) groups excluding carboxylic acids is 2. The summed E-state index contributed by atoms with van der Waals surface area (Å²) in [5.41, 5.74) is 2.99. The van der Waals surface area contributed by atoms with E-state index in [0.29, 0.717) is 18.9 Å². The normalized spacial score (nSPS) is 11.8. The standard InChI is InChI=1S/C35H39N3O5S/c1-4-36-35(40)32(24-28-14-8-6-9-15-28)37(25-29-22-20-27(3)21-23-29)34(39)26-38(31-18-12-13-19-33(31)43-5-2)44(41,42)30-16-10-7-11-17-30/h6-23,32H,4-5,24-26H2,1-3H3,(H,36,40)/t32-/m1/s1. The number of para-hydroxylation sites is 2. The molecule has 230 valence electrons. The number of likely N-dealkylation sites (N-methyl/N-ethyl adjacent to an activating group) is 1. The quantitative estimate of drug-likeness (QED) is 0.207. The van der Waals surface area contributed by atoms with E-state index in [0.717, 1.165) is 21.0 Å². The Morgan fingerprint density at radius 3 is 2.05 bits per heavy atom. The van der Waals surface area contributed by atoms with Crippen LogP contribution in [0.3, 0.4) is 0 Å². The molecule has 0 spiro atoms. The zero-order chi connectivity index (χ0) is 31.5. The van der Waals surface area contributed by atoms with Crippen LogP contribution in [0, 0.1) is 6.92 Å². The lowest BCUT2D eigenvalue weighted by Gasteiger charge is -2.34. The number of nitrogens with zero attached hydrogens (tertiary/aromatic N) is 2. The summed E-state index contributed by atoms with van der Waals surface area (Å²) in [6.45, 7) is 5.86. The minimum absolute atomic E-state index is 0.0359. The third-order valence-corrected chi connectivity index (χ3v) is 8.91. The lowest BCUT2D eigenvalue weighted by molar-refractivity contribution is -0.140. The Balaban J connectivity index is 1.82. The molecule has 0 aliphatic carbocycles. The molecule has 0 aromatic heterocycles. The van der Waals surface area contributed by atoms with Crippen molar-refractivity contribution in [2.24, 2.45) is 0 Å². The Morgan fingerprint density at radius 1 is 0.795 bits per heavy atom. The molecule has 0 saturated heterocycles. The van der Waals surface area contributed by atoms with Gasteiger partial charge in [-0.25, -0.2) is 8.42 Å². The molecule has 0 aliphatic rings. The fraction of sp³-hybridized carbons (Fsp3) is 0.257. The topological polar surface area (TPSA) is 96.0 Å². The van der Waals surface area contributed by atoms with E-state index in [-0.39, 0.29) is 29.5 Å². The zero-order valence-corrected chi connectivity index (χ0v) is 26.2. The fourth-order valence-electron chi connectivity index (χ4n) is 4.91. The zero-order valence-electron chi connectivity index (χ0n) is 25.3. The van der Waals surface area contributed by atoms with Crippen molar-refractivity contribution in [1.82, 2.24) is 10.2 Å². The van der Waals surface area contributed by atoms with Crippen LogP contribution in [0.15, 0.2) is 114 Å². The predicted molar refractivity (Wildman–Crippen MR) is 173 cm³/mol. The van der Waals surface area contributed by atoms with Crippen LogP contribution in [0.2, 0.25) is 0 Å². The van der Waals surface area contributed by atoms with Crippen molar-refractivity contribution in [2.75, 3.05) is 24.0 Å². The molecule has 8 nitrogen and oxygen atoms in total. The van der Waals surface area contributed by atoms with E-state index < -0.39 is 28.5 Å². The molecule has 0 heterocycles. The second-order valence-corrected chi connectivity index (χ2v) is 12.2. The van der Waals surface area contributed by atoms with E-state index in [4.69, 9.17) is 4.74 Å². The van der Waals surface area contributed by atoms with Crippen LogP contribution >= 0.6 is 0 Å². The fourth-order valence-corrected chi connectivity index (χ4v) is 6.36. The molecule has 1 N–H and O–H groups in total. The van der Waals surface area contributed by atoms with Gasteiger partial charge in [0.1, 0.15) is 18.3 Å². The van der Waals surface area contributed by atoms with Crippen LogP contribution in [0.5, 0.6) is 5.75 Å². The maximum absolute atomic E-state index is 14.5. The van der Waals surface area contributed by atoms with Gasteiger partial charge >= 0.3 is 0 Å². The van der Waals surface area contributed by atoms with Crippen molar-refractivity contribution >= 4 is 27.5 Å². The van der Waals surface area contributed by atoms with Crippen LogP contribution < -0.4 is 14.4 Å². The van der Waals surface area contributed by atoms with Crippen molar-refractivity contribution in [3.8, 4) is 5.75 Å². The van der Waals surface area contributed by atoms with Crippen LogP contribution in [0.4, 0.5) is 5.69 Å². The molecule has 0 bridgehead atoms. The van der Waals surface area contributed by atoms with Gasteiger partial charge in [0.25, 0.3) is 10.0 Å². The van der Waals surface area contributed by atoms with E-state index >= 15 is 0 Å². The number of sulfonamides is 1. The monoisotopic (exact) mass is 613 g/mol. The minimum atomic E-state index is -4.21. The lowest BCUT2D eigenvalue weighted by Crippen LogP contribution is -2.53. The smallest absolute Gasteiger partial charge is 0.264 e. The Kier molecular flexibility index (Phi) is 11.2. The van der Waals surface area contributed by atoms with E-state index in [1.54, 1.807) is 42.5 Å². The van der Waals surface area contributed by atoms with Gasteiger partial charge in [-0.1, -0.05) is 90.5 Å². The van der Waals surface area contributed by atoms with Gasteiger partial charge in [0.2, 0.25) is 11.8 Å². The first-order valence-corrected chi connectivity index (χ1v) is 16.1. The summed E-state index contributed by atoms with van der Waals surface area (Å²) in [6.07, 6.45) is 0.255. The number of rotatable bonds is 14. The molecule has 0 saturated carbocycles. The van der Waals surface area contributed by atoms with Gasteiger partial charge in [0, 0.05) is 19.5 Å². The average molecular weight is 614 g/mol. The number of amides is 2. The van der Waals surface area contributed by atoms with Gasteiger partial charge in [0.05, 0.1) is 17.2 Å². The van der Waals surface area contributed by atoms with Crippen molar-refractivity contribution in [1.29, 1.82) is 0 Å². The second-order valence-electron chi connectivity index (χ2n) is 10.3. The van der Waals surface area contributed by atoms with Crippen LogP contribution in [-0.2, 0) is 32.6 Å².